The molecule has 63 heavy (non-hydrogen) atoms. The van der Waals surface area contributed by atoms with Gasteiger partial charge < -0.3 is 34.9 Å². The molecule has 3 aliphatic rings. The second kappa shape index (κ2) is 19.3. The Morgan fingerprint density at radius 3 is 1.84 bits per heavy atom. The van der Waals surface area contributed by atoms with Gasteiger partial charge in [-0.25, -0.2) is 14.6 Å². The van der Waals surface area contributed by atoms with Crippen LogP contribution in [0.2, 0.25) is 5.15 Å². The number of nitrogens with zero attached hydrogens (tertiary/aromatic N) is 4. The normalized spacial score (nSPS) is 19.2. The van der Waals surface area contributed by atoms with Crippen molar-refractivity contribution in [1.29, 1.82) is 0 Å². The number of hydrogen-bond donors (Lipinski definition) is 3. The van der Waals surface area contributed by atoms with E-state index in [9.17, 15) is 19.2 Å². The van der Waals surface area contributed by atoms with Crippen LogP contribution in [0.3, 0.4) is 0 Å². The van der Waals surface area contributed by atoms with Gasteiger partial charge in [-0.05, 0) is 58.9 Å². The van der Waals surface area contributed by atoms with E-state index in [-0.39, 0.29) is 29.1 Å². The van der Waals surface area contributed by atoms with Gasteiger partial charge in [-0.2, -0.15) is 11.8 Å². The van der Waals surface area contributed by atoms with Gasteiger partial charge in [0.25, 0.3) is 11.8 Å². The number of halogens is 1. The largest absolute Gasteiger partial charge is 0.453 e. The minimum atomic E-state index is -0.919. The van der Waals surface area contributed by atoms with E-state index < -0.39 is 24.3 Å². The number of carbonyl (C=O) groups excluding carboxylic acids is 4. The van der Waals surface area contributed by atoms with E-state index in [1.807, 2.05) is 83.9 Å². The first-order valence-electron chi connectivity index (χ1n) is 20.8. The highest BCUT2D eigenvalue weighted by molar-refractivity contribution is 7.99. The smallest absolute Gasteiger partial charge is 0.407 e. The third-order valence-corrected chi connectivity index (χ3v) is 13.2. The van der Waals surface area contributed by atoms with Gasteiger partial charge >= 0.3 is 12.2 Å². The molecule has 8 rings (SSSR count). The van der Waals surface area contributed by atoms with Crippen LogP contribution in [0.25, 0.3) is 28.0 Å². The molecule has 4 heterocycles. The van der Waals surface area contributed by atoms with Crippen LogP contribution in [-0.4, -0.2) is 94.3 Å². The van der Waals surface area contributed by atoms with E-state index >= 15 is 0 Å². The summed E-state index contributed by atoms with van der Waals surface area (Å²) in [4.78, 5) is 69.4. The van der Waals surface area contributed by atoms with Crippen molar-refractivity contribution < 1.29 is 28.7 Å². The van der Waals surface area contributed by atoms with E-state index in [0.717, 1.165) is 46.4 Å². The number of rotatable bonds is 12. The van der Waals surface area contributed by atoms with Crippen LogP contribution >= 0.6 is 23.4 Å². The van der Waals surface area contributed by atoms with Crippen LogP contribution in [0.1, 0.15) is 66.3 Å². The van der Waals surface area contributed by atoms with Crippen molar-refractivity contribution in [2.75, 3.05) is 33.6 Å². The molecule has 3 aliphatic heterocycles. The average Bonchev–Trinajstić information content (AvgIpc) is 4.17. The van der Waals surface area contributed by atoms with Crippen molar-refractivity contribution in [2.45, 2.75) is 55.1 Å². The van der Waals surface area contributed by atoms with Crippen LogP contribution in [0.4, 0.5) is 9.59 Å². The molecule has 13 nitrogen and oxygen atoms in total. The summed E-state index contributed by atoms with van der Waals surface area (Å²) < 4.78 is 9.71. The first-order valence-corrected chi connectivity index (χ1v) is 22.5. The lowest BCUT2D eigenvalue weighted by atomic mass is 9.96. The zero-order chi connectivity index (χ0) is 44.0. The highest BCUT2D eigenvalue weighted by Crippen LogP contribution is 2.38. The van der Waals surface area contributed by atoms with Crippen molar-refractivity contribution in [3.63, 3.8) is 0 Å². The van der Waals surface area contributed by atoms with E-state index in [1.165, 1.54) is 14.2 Å². The Labute approximate surface area is 375 Å². The number of methoxy groups -OCH3 is 2. The molecule has 4 aromatic carbocycles. The number of carbonyl (C=O) groups is 4. The Morgan fingerprint density at radius 1 is 0.746 bits per heavy atom. The molecular weight excluding hydrogens is 838 g/mol. The summed E-state index contributed by atoms with van der Waals surface area (Å²) in [6, 6.07) is 32.4. The summed E-state index contributed by atoms with van der Waals surface area (Å²) in [5.74, 6) is 0.142. The third kappa shape index (κ3) is 9.37. The zero-order valence-electron chi connectivity index (χ0n) is 35.1. The standard InChI is InChI=1S/C48H48ClN7O6S/c1-61-47(59)52-41(32-11-6-4-7-12-32)45(57)55-24-10-15-38(55)44-51-40(43(49)54-44)34-22-20-30(21-23-34)29-16-18-31(19-17-29)35-25-37(50-27-35)39-26-36(63-3)28-56(39)46(58)42(53-48(60)62-2)33-13-8-5-9-14-33/h4-9,11-14,16-23,27,36,38-39,41-42H,10,15,24-26,28H2,1-3H3,(H,51,54)(H,52,59)(H,53,60)/t36-,38?,39-,41-,42-/m0/s1. The van der Waals surface area contributed by atoms with Crippen LogP contribution < -0.4 is 10.6 Å². The zero-order valence-corrected chi connectivity index (χ0v) is 36.7. The number of nitrogens with one attached hydrogen (secondary N) is 3. The highest BCUT2D eigenvalue weighted by atomic mass is 35.5. The van der Waals surface area contributed by atoms with Gasteiger partial charge in [-0.3, -0.25) is 14.6 Å². The highest BCUT2D eigenvalue weighted by Gasteiger charge is 2.42. The van der Waals surface area contributed by atoms with Crippen LogP contribution in [0.5, 0.6) is 0 Å². The van der Waals surface area contributed by atoms with Crippen molar-refractivity contribution in [1.82, 2.24) is 30.4 Å². The summed E-state index contributed by atoms with van der Waals surface area (Å²) in [5, 5.41) is 6.07. The molecule has 0 saturated carbocycles. The van der Waals surface area contributed by atoms with Crippen molar-refractivity contribution in [2.24, 2.45) is 4.99 Å². The van der Waals surface area contributed by atoms with Gasteiger partial charge in [0.1, 0.15) is 28.8 Å². The monoisotopic (exact) mass is 885 g/mol. The number of alkyl carbamates (subject to hydrolysis) is 2. The minimum absolute atomic E-state index is 0.189. The van der Waals surface area contributed by atoms with Crippen molar-refractivity contribution in [3.05, 3.63) is 143 Å². The Morgan fingerprint density at radius 2 is 1.29 bits per heavy atom. The molecule has 0 radical (unpaired) electrons. The molecular formula is C48H48ClN7O6S. The first kappa shape index (κ1) is 43.3. The molecule has 324 valence electrons. The number of aromatic amines is 1. The Kier molecular flexibility index (Phi) is 13.3. The predicted molar refractivity (Wildman–Crippen MR) is 245 cm³/mol. The molecule has 15 heteroatoms. The predicted octanol–water partition coefficient (Wildman–Crippen LogP) is 8.77. The van der Waals surface area contributed by atoms with Gasteiger partial charge in [0.05, 0.1) is 26.3 Å². The number of hydrogen-bond acceptors (Lipinski definition) is 9. The molecule has 5 aromatic rings. The molecule has 0 aliphatic carbocycles. The van der Waals surface area contributed by atoms with Crippen molar-refractivity contribution >= 4 is 58.6 Å². The lowest BCUT2D eigenvalue weighted by Gasteiger charge is -2.29. The van der Waals surface area contributed by atoms with E-state index in [0.29, 0.717) is 53.7 Å². The second-order valence-electron chi connectivity index (χ2n) is 15.6. The number of allylic oxidation sites excluding steroid dienone is 1. The van der Waals surface area contributed by atoms with Gasteiger partial charge in [0.15, 0.2) is 0 Å². The maximum Gasteiger partial charge on any atom is 0.407 e. The number of imidazole rings is 1. The lowest BCUT2D eigenvalue weighted by Crippen LogP contribution is -2.47. The van der Waals surface area contributed by atoms with E-state index in [1.54, 1.807) is 28.8 Å². The molecule has 3 N–H and O–H groups in total. The Bertz CT molecular complexity index is 2520. The maximum atomic E-state index is 14.2. The van der Waals surface area contributed by atoms with E-state index in [2.05, 4.69) is 46.1 Å². The summed E-state index contributed by atoms with van der Waals surface area (Å²) >= 11 is 8.50. The number of ether oxygens (including phenoxy) is 2. The summed E-state index contributed by atoms with van der Waals surface area (Å²) in [5.41, 5.74) is 7.86. The number of thioether (sulfide) groups is 1. The quantitative estimate of drug-likeness (QED) is 0.112. The number of aromatic nitrogens is 2. The molecule has 1 aromatic heterocycles. The summed E-state index contributed by atoms with van der Waals surface area (Å²) in [7, 11) is 2.56. The lowest BCUT2D eigenvalue weighted by molar-refractivity contribution is -0.135. The number of aliphatic imine (C=N–C) groups is 1. The molecule has 1 unspecified atom stereocenters. The van der Waals surface area contributed by atoms with Crippen LogP contribution in [-0.2, 0) is 19.1 Å². The first-order chi connectivity index (χ1) is 30.6. The maximum absolute atomic E-state index is 14.2. The Hall–Kier alpha value is -6.38. The number of H-pyrrole nitrogens is 1. The van der Waals surface area contributed by atoms with Gasteiger partial charge in [-0.15, -0.1) is 0 Å². The molecule has 0 spiro atoms. The molecule has 2 fully saturated rings. The van der Waals surface area contributed by atoms with Crippen molar-refractivity contribution in [3.8, 4) is 22.4 Å². The second-order valence-corrected chi connectivity index (χ2v) is 17.2. The summed E-state index contributed by atoms with van der Waals surface area (Å²) in [6.07, 6.45) is 5.45. The number of likely N-dealkylation sites (tertiary alicyclic amines) is 2. The number of benzene rings is 4. The molecule has 2 saturated heterocycles. The fraction of sp³-hybridized carbons (Fsp3) is 0.292. The van der Waals surface area contributed by atoms with Crippen LogP contribution in [0, 0.1) is 0 Å². The fourth-order valence-corrected chi connectivity index (χ4v) is 9.57. The minimum Gasteiger partial charge on any atom is -0.453 e. The van der Waals surface area contributed by atoms with E-state index in [4.69, 9.17) is 31.1 Å². The fourth-order valence-electron chi connectivity index (χ4n) is 8.64. The van der Waals surface area contributed by atoms with Gasteiger partial charge in [0.2, 0.25) is 0 Å². The summed E-state index contributed by atoms with van der Waals surface area (Å²) in [6.45, 7) is 1.06. The van der Waals surface area contributed by atoms with Crippen LogP contribution in [0.15, 0.2) is 120 Å². The van der Waals surface area contributed by atoms with Gasteiger partial charge in [-0.1, -0.05) is 121 Å². The topological polar surface area (TPSA) is 158 Å². The molecule has 5 atom stereocenters. The molecule has 4 amide bonds. The molecule has 0 bridgehead atoms. The Balaban J connectivity index is 0.928. The average molecular weight is 886 g/mol. The third-order valence-electron chi connectivity index (χ3n) is 12.0. The van der Waals surface area contributed by atoms with Gasteiger partial charge in [0, 0.05) is 42.2 Å². The SMILES string of the molecule is COC(=O)N[C@H](C(=O)N1CCCC1c1nc(-c2ccc(-c3ccc(C4=CN=C([C@@H]5C[C@H](SC)CN5C(=O)[C@@H](NC(=O)OC)c5ccccc5)C4)cc3)cc2)c(Cl)[nH]1)c1ccccc1. The number of amides is 4.